The fourth-order valence-electron chi connectivity index (χ4n) is 1.67. The van der Waals surface area contributed by atoms with E-state index in [0.29, 0.717) is 6.04 Å². The SMILES string of the molecule is NCC(Cc1ccccc1)N1CC1. The van der Waals surface area contributed by atoms with Gasteiger partial charge in [0.15, 0.2) is 0 Å². The van der Waals surface area contributed by atoms with Crippen molar-refractivity contribution in [2.24, 2.45) is 5.73 Å². The summed E-state index contributed by atoms with van der Waals surface area (Å²) in [7, 11) is 0. The number of hydrogen-bond acceptors (Lipinski definition) is 2. The maximum absolute atomic E-state index is 5.72. The Labute approximate surface area is 79.4 Å². The molecule has 1 fully saturated rings. The molecule has 70 valence electrons. The first-order valence-corrected chi connectivity index (χ1v) is 4.88. The first-order valence-electron chi connectivity index (χ1n) is 4.88. The van der Waals surface area contributed by atoms with Crippen LogP contribution in [-0.4, -0.2) is 30.6 Å². The highest BCUT2D eigenvalue weighted by molar-refractivity contribution is 5.16. The number of hydrogen-bond donors (Lipinski definition) is 1. The summed E-state index contributed by atoms with van der Waals surface area (Å²) in [5, 5.41) is 0. The van der Waals surface area contributed by atoms with Gasteiger partial charge in [-0.3, -0.25) is 4.90 Å². The lowest BCUT2D eigenvalue weighted by atomic mass is 10.1. The molecule has 13 heavy (non-hydrogen) atoms. The quantitative estimate of drug-likeness (QED) is 0.690. The molecule has 1 aliphatic heterocycles. The minimum Gasteiger partial charge on any atom is -0.329 e. The third-order valence-corrected chi connectivity index (χ3v) is 2.58. The van der Waals surface area contributed by atoms with Crippen LogP contribution in [0.5, 0.6) is 0 Å². The van der Waals surface area contributed by atoms with Gasteiger partial charge in [-0.2, -0.15) is 0 Å². The van der Waals surface area contributed by atoms with Crippen LogP contribution in [0, 0.1) is 0 Å². The second-order valence-electron chi connectivity index (χ2n) is 3.62. The van der Waals surface area contributed by atoms with Gasteiger partial charge in [0, 0.05) is 25.7 Å². The van der Waals surface area contributed by atoms with E-state index in [9.17, 15) is 0 Å². The van der Waals surface area contributed by atoms with Gasteiger partial charge in [-0.15, -0.1) is 0 Å². The summed E-state index contributed by atoms with van der Waals surface area (Å²) in [4.78, 5) is 2.42. The zero-order valence-corrected chi connectivity index (χ0v) is 7.82. The molecule has 1 aromatic carbocycles. The van der Waals surface area contributed by atoms with Crippen molar-refractivity contribution in [1.82, 2.24) is 4.90 Å². The van der Waals surface area contributed by atoms with E-state index in [1.165, 1.54) is 18.7 Å². The van der Waals surface area contributed by atoms with Gasteiger partial charge in [0.2, 0.25) is 0 Å². The van der Waals surface area contributed by atoms with Gasteiger partial charge in [-0.1, -0.05) is 30.3 Å². The lowest BCUT2D eigenvalue weighted by Crippen LogP contribution is -2.30. The highest BCUT2D eigenvalue weighted by Gasteiger charge is 2.25. The molecule has 0 radical (unpaired) electrons. The highest BCUT2D eigenvalue weighted by Crippen LogP contribution is 2.14. The molecule has 1 unspecified atom stereocenters. The Morgan fingerprint density at radius 3 is 2.46 bits per heavy atom. The Hall–Kier alpha value is -0.860. The van der Waals surface area contributed by atoms with E-state index >= 15 is 0 Å². The molecule has 0 aromatic heterocycles. The lowest BCUT2D eigenvalue weighted by Gasteiger charge is -2.15. The van der Waals surface area contributed by atoms with Crippen LogP contribution in [0.15, 0.2) is 30.3 Å². The first-order chi connectivity index (χ1) is 6.40. The molecule has 2 nitrogen and oxygen atoms in total. The standard InChI is InChI=1S/C11H16N2/c12-9-11(13-6-7-13)8-10-4-2-1-3-5-10/h1-5,11H,6-9,12H2. The third-order valence-electron chi connectivity index (χ3n) is 2.58. The highest BCUT2D eigenvalue weighted by atomic mass is 15.3. The molecule has 2 heteroatoms. The molecule has 1 aromatic rings. The first kappa shape index (κ1) is 8.73. The Balaban J connectivity index is 1.95. The number of benzene rings is 1. The predicted molar refractivity (Wildman–Crippen MR) is 54.6 cm³/mol. The molecule has 1 aliphatic rings. The fraction of sp³-hybridized carbons (Fsp3) is 0.455. The van der Waals surface area contributed by atoms with Gasteiger partial charge < -0.3 is 5.73 Å². The molecule has 2 N–H and O–H groups in total. The van der Waals surface area contributed by atoms with Gasteiger partial charge in [-0.25, -0.2) is 0 Å². The summed E-state index contributed by atoms with van der Waals surface area (Å²) in [5.74, 6) is 0. The smallest absolute Gasteiger partial charge is 0.0259 e. The average Bonchev–Trinajstić information content (AvgIpc) is 2.99. The molecular formula is C11H16N2. The summed E-state index contributed by atoms with van der Waals surface area (Å²) in [6, 6.07) is 11.1. The summed E-state index contributed by atoms with van der Waals surface area (Å²) in [6.07, 6.45) is 1.09. The average molecular weight is 176 g/mol. The van der Waals surface area contributed by atoms with Crippen molar-refractivity contribution < 1.29 is 0 Å². The number of nitrogens with two attached hydrogens (primary N) is 1. The number of nitrogens with zero attached hydrogens (tertiary/aromatic N) is 1. The van der Waals surface area contributed by atoms with Crippen molar-refractivity contribution in [3.8, 4) is 0 Å². The van der Waals surface area contributed by atoms with Crippen LogP contribution >= 0.6 is 0 Å². The molecule has 0 spiro atoms. The Bertz CT molecular complexity index is 254. The van der Waals surface area contributed by atoms with Crippen LogP contribution < -0.4 is 5.73 Å². The van der Waals surface area contributed by atoms with Crippen LogP contribution in [0.4, 0.5) is 0 Å². The maximum Gasteiger partial charge on any atom is 0.0259 e. The van der Waals surface area contributed by atoms with Crippen molar-refractivity contribution in [1.29, 1.82) is 0 Å². The second-order valence-corrected chi connectivity index (χ2v) is 3.62. The van der Waals surface area contributed by atoms with E-state index in [1.54, 1.807) is 0 Å². The monoisotopic (exact) mass is 176 g/mol. The molecule has 0 amide bonds. The maximum atomic E-state index is 5.72. The van der Waals surface area contributed by atoms with E-state index in [1.807, 2.05) is 0 Å². The summed E-state index contributed by atoms with van der Waals surface area (Å²) in [5.41, 5.74) is 7.11. The van der Waals surface area contributed by atoms with E-state index in [4.69, 9.17) is 5.73 Å². The number of rotatable bonds is 4. The van der Waals surface area contributed by atoms with Crippen molar-refractivity contribution >= 4 is 0 Å². The largest absolute Gasteiger partial charge is 0.329 e. The van der Waals surface area contributed by atoms with Gasteiger partial charge in [0.05, 0.1) is 0 Å². The topological polar surface area (TPSA) is 29.0 Å². The fourth-order valence-corrected chi connectivity index (χ4v) is 1.67. The van der Waals surface area contributed by atoms with Crippen LogP contribution in [-0.2, 0) is 6.42 Å². The Kier molecular flexibility index (Phi) is 2.62. The van der Waals surface area contributed by atoms with E-state index in [2.05, 4.69) is 35.2 Å². The molecule has 1 heterocycles. The molecule has 1 saturated heterocycles. The predicted octanol–water partition coefficient (Wildman–Crippen LogP) is 0.872. The van der Waals surface area contributed by atoms with Crippen LogP contribution in [0.3, 0.4) is 0 Å². The minimum atomic E-state index is 0.558. The van der Waals surface area contributed by atoms with Crippen molar-refractivity contribution in [3.63, 3.8) is 0 Å². The summed E-state index contributed by atoms with van der Waals surface area (Å²) >= 11 is 0. The van der Waals surface area contributed by atoms with Gasteiger partial charge in [0.25, 0.3) is 0 Å². The third kappa shape index (κ3) is 2.29. The molecule has 1 atom stereocenters. The molecular weight excluding hydrogens is 160 g/mol. The van der Waals surface area contributed by atoms with Gasteiger partial charge in [0.1, 0.15) is 0 Å². The second kappa shape index (κ2) is 3.90. The van der Waals surface area contributed by atoms with Crippen molar-refractivity contribution in [2.45, 2.75) is 12.5 Å². The normalized spacial score (nSPS) is 18.5. The van der Waals surface area contributed by atoms with Crippen LogP contribution in [0.2, 0.25) is 0 Å². The Morgan fingerprint density at radius 1 is 1.23 bits per heavy atom. The van der Waals surface area contributed by atoms with Crippen LogP contribution in [0.25, 0.3) is 0 Å². The summed E-state index contributed by atoms with van der Waals surface area (Å²) < 4.78 is 0. The van der Waals surface area contributed by atoms with Crippen molar-refractivity contribution in [2.75, 3.05) is 19.6 Å². The Morgan fingerprint density at radius 2 is 1.92 bits per heavy atom. The summed E-state index contributed by atoms with van der Waals surface area (Å²) in [6.45, 7) is 3.23. The van der Waals surface area contributed by atoms with Gasteiger partial charge >= 0.3 is 0 Å². The zero-order chi connectivity index (χ0) is 9.10. The molecule has 0 aliphatic carbocycles. The van der Waals surface area contributed by atoms with E-state index in [-0.39, 0.29) is 0 Å². The zero-order valence-electron chi connectivity index (χ0n) is 7.82. The van der Waals surface area contributed by atoms with E-state index in [0.717, 1.165) is 13.0 Å². The minimum absolute atomic E-state index is 0.558. The van der Waals surface area contributed by atoms with E-state index < -0.39 is 0 Å². The molecule has 2 rings (SSSR count). The molecule has 0 saturated carbocycles. The lowest BCUT2D eigenvalue weighted by molar-refractivity contribution is 0.403. The molecule has 0 bridgehead atoms. The van der Waals surface area contributed by atoms with Gasteiger partial charge in [-0.05, 0) is 12.0 Å². The van der Waals surface area contributed by atoms with Crippen LogP contribution in [0.1, 0.15) is 5.56 Å². The van der Waals surface area contributed by atoms with Crippen molar-refractivity contribution in [3.05, 3.63) is 35.9 Å².